The fraction of sp³-hybridized carbons (Fsp3) is 0.500. The van der Waals surface area contributed by atoms with Crippen LogP contribution in [-0.2, 0) is 9.53 Å². The molecule has 1 fully saturated rings. The van der Waals surface area contributed by atoms with Crippen molar-refractivity contribution in [2.75, 3.05) is 11.9 Å². The minimum Gasteiger partial charge on any atom is -0.378 e. The van der Waals surface area contributed by atoms with Gasteiger partial charge in [-0.25, -0.2) is 0 Å². The number of rotatable bonds is 4. The van der Waals surface area contributed by atoms with E-state index in [0.29, 0.717) is 17.1 Å². The molecular weight excluding hydrogens is 330 g/mol. The summed E-state index contributed by atoms with van der Waals surface area (Å²) in [7, 11) is 0. The Labute approximate surface area is 126 Å². The molecule has 1 saturated heterocycles. The van der Waals surface area contributed by atoms with Crippen LogP contribution in [0.4, 0.5) is 5.69 Å². The number of amides is 1. The van der Waals surface area contributed by atoms with Gasteiger partial charge >= 0.3 is 0 Å². The van der Waals surface area contributed by atoms with Crippen LogP contribution in [0.15, 0.2) is 22.7 Å². The first-order chi connectivity index (χ1) is 9.15. The molecule has 1 atom stereocenters. The zero-order valence-electron chi connectivity index (χ0n) is 10.6. The number of carbonyl (C=O) groups is 1. The third kappa shape index (κ3) is 4.79. The Morgan fingerprint density at radius 1 is 1.47 bits per heavy atom. The highest BCUT2D eigenvalue weighted by Gasteiger charge is 2.15. The van der Waals surface area contributed by atoms with Gasteiger partial charge in [-0.3, -0.25) is 4.79 Å². The molecule has 1 aromatic carbocycles. The maximum Gasteiger partial charge on any atom is 0.224 e. The van der Waals surface area contributed by atoms with Gasteiger partial charge in [-0.2, -0.15) is 0 Å². The van der Waals surface area contributed by atoms with E-state index < -0.39 is 0 Å². The SMILES string of the molecule is O=C(CCC1CCCCO1)Nc1cc(Br)ccc1Cl. The largest absolute Gasteiger partial charge is 0.378 e. The topological polar surface area (TPSA) is 38.3 Å². The van der Waals surface area contributed by atoms with Crippen LogP contribution in [0.2, 0.25) is 5.02 Å². The summed E-state index contributed by atoms with van der Waals surface area (Å²) >= 11 is 9.39. The molecule has 0 aromatic heterocycles. The zero-order chi connectivity index (χ0) is 13.7. The Kier molecular flexibility index (Phi) is 5.67. The van der Waals surface area contributed by atoms with Gasteiger partial charge in [0.25, 0.3) is 0 Å². The summed E-state index contributed by atoms with van der Waals surface area (Å²) in [4.78, 5) is 11.9. The molecule has 0 bridgehead atoms. The van der Waals surface area contributed by atoms with E-state index in [2.05, 4.69) is 21.2 Å². The summed E-state index contributed by atoms with van der Waals surface area (Å²) < 4.78 is 6.50. The van der Waals surface area contributed by atoms with Crippen molar-refractivity contribution in [2.45, 2.75) is 38.2 Å². The average molecular weight is 347 g/mol. The van der Waals surface area contributed by atoms with Crippen molar-refractivity contribution in [1.82, 2.24) is 0 Å². The number of ether oxygens (including phenoxy) is 1. The van der Waals surface area contributed by atoms with Gasteiger partial charge in [0, 0.05) is 17.5 Å². The van der Waals surface area contributed by atoms with Gasteiger partial charge in [-0.05, 0) is 43.9 Å². The van der Waals surface area contributed by atoms with E-state index in [-0.39, 0.29) is 12.0 Å². The molecule has 1 N–H and O–H groups in total. The smallest absolute Gasteiger partial charge is 0.224 e. The fourth-order valence-electron chi connectivity index (χ4n) is 2.13. The predicted octanol–water partition coefficient (Wildman–Crippen LogP) is 4.39. The number of halogens is 2. The van der Waals surface area contributed by atoms with Crippen LogP contribution in [0.3, 0.4) is 0 Å². The van der Waals surface area contributed by atoms with Gasteiger partial charge in [-0.1, -0.05) is 27.5 Å². The standard InChI is InChI=1S/C14H17BrClNO2/c15-10-4-6-12(16)13(9-10)17-14(18)7-5-11-3-1-2-8-19-11/h4,6,9,11H,1-3,5,7-8H2,(H,17,18). The van der Waals surface area contributed by atoms with Crippen LogP contribution >= 0.6 is 27.5 Å². The summed E-state index contributed by atoms with van der Waals surface area (Å²) in [5.41, 5.74) is 0.644. The second-order valence-electron chi connectivity index (χ2n) is 4.70. The van der Waals surface area contributed by atoms with Crippen LogP contribution in [0.5, 0.6) is 0 Å². The van der Waals surface area contributed by atoms with E-state index in [1.165, 1.54) is 6.42 Å². The van der Waals surface area contributed by atoms with Crippen LogP contribution in [0, 0.1) is 0 Å². The third-order valence-corrected chi connectivity index (χ3v) is 3.99. The van der Waals surface area contributed by atoms with Gasteiger partial charge < -0.3 is 10.1 Å². The summed E-state index contributed by atoms with van der Waals surface area (Å²) in [6.45, 7) is 0.823. The summed E-state index contributed by atoms with van der Waals surface area (Å²) in [5, 5.41) is 3.38. The number of nitrogens with one attached hydrogen (secondary N) is 1. The van der Waals surface area contributed by atoms with Crippen LogP contribution in [0.1, 0.15) is 32.1 Å². The van der Waals surface area contributed by atoms with E-state index in [9.17, 15) is 4.79 Å². The summed E-state index contributed by atoms with van der Waals surface area (Å²) in [5.74, 6) is -0.0193. The van der Waals surface area contributed by atoms with Crippen LogP contribution < -0.4 is 5.32 Å². The van der Waals surface area contributed by atoms with Crippen molar-refractivity contribution < 1.29 is 9.53 Å². The van der Waals surface area contributed by atoms with Gasteiger partial charge in [0.2, 0.25) is 5.91 Å². The molecule has 0 aliphatic carbocycles. The molecule has 19 heavy (non-hydrogen) atoms. The molecule has 1 aliphatic rings. The van der Waals surface area contributed by atoms with E-state index >= 15 is 0 Å². The fourth-order valence-corrected chi connectivity index (χ4v) is 2.66. The van der Waals surface area contributed by atoms with E-state index in [1.807, 2.05) is 6.07 Å². The lowest BCUT2D eigenvalue weighted by Crippen LogP contribution is -2.21. The molecule has 1 aromatic rings. The van der Waals surface area contributed by atoms with E-state index in [1.54, 1.807) is 12.1 Å². The van der Waals surface area contributed by atoms with Gasteiger partial charge in [0.05, 0.1) is 16.8 Å². The van der Waals surface area contributed by atoms with E-state index in [0.717, 1.165) is 30.3 Å². The number of hydrogen-bond donors (Lipinski definition) is 1. The lowest BCUT2D eigenvalue weighted by Gasteiger charge is -2.22. The quantitative estimate of drug-likeness (QED) is 0.878. The Morgan fingerprint density at radius 3 is 3.05 bits per heavy atom. The predicted molar refractivity (Wildman–Crippen MR) is 80.6 cm³/mol. The first kappa shape index (κ1) is 14.8. The highest BCUT2D eigenvalue weighted by Crippen LogP contribution is 2.26. The van der Waals surface area contributed by atoms with Gasteiger partial charge in [0.1, 0.15) is 0 Å². The lowest BCUT2D eigenvalue weighted by atomic mass is 10.0. The number of anilines is 1. The lowest BCUT2D eigenvalue weighted by molar-refractivity contribution is -0.117. The van der Waals surface area contributed by atoms with Crippen molar-refractivity contribution in [3.8, 4) is 0 Å². The minimum atomic E-state index is -0.0193. The molecule has 0 saturated carbocycles. The molecule has 2 rings (SSSR count). The van der Waals surface area contributed by atoms with Gasteiger partial charge in [0.15, 0.2) is 0 Å². The molecule has 1 heterocycles. The maximum atomic E-state index is 11.9. The second kappa shape index (κ2) is 7.27. The molecular formula is C14H17BrClNO2. The molecule has 0 radical (unpaired) electrons. The first-order valence-corrected chi connectivity index (χ1v) is 7.69. The second-order valence-corrected chi connectivity index (χ2v) is 6.02. The number of hydrogen-bond acceptors (Lipinski definition) is 2. The van der Waals surface area contributed by atoms with Crippen molar-refractivity contribution in [3.05, 3.63) is 27.7 Å². The van der Waals surface area contributed by atoms with Gasteiger partial charge in [-0.15, -0.1) is 0 Å². The van der Waals surface area contributed by atoms with E-state index in [4.69, 9.17) is 16.3 Å². The summed E-state index contributed by atoms with van der Waals surface area (Å²) in [6.07, 6.45) is 4.87. The van der Waals surface area contributed by atoms with Crippen LogP contribution in [0.25, 0.3) is 0 Å². The molecule has 3 nitrogen and oxygen atoms in total. The normalized spacial score (nSPS) is 19.2. The first-order valence-electron chi connectivity index (χ1n) is 6.51. The Bertz CT molecular complexity index is 447. The Morgan fingerprint density at radius 2 is 2.32 bits per heavy atom. The van der Waals surface area contributed by atoms with Crippen molar-refractivity contribution in [3.63, 3.8) is 0 Å². The third-order valence-electron chi connectivity index (χ3n) is 3.17. The molecule has 1 aliphatic heterocycles. The molecule has 0 spiro atoms. The van der Waals surface area contributed by atoms with Crippen molar-refractivity contribution >= 4 is 39.1 Å². The Hall–Kier alpha value is -0.580. The highest BCUT2D eigenvalue weighted by atomic mass is 79.9. The molecule has 104 valence electrons. The monoisotopic (exact) mass is 345 g/mol. The molecule has 5 heteroatoms. The number of benzene rings is 1. The average Bonchev–Trinajstić information content (AvgIpc) is 2.42. The number of carbonyl (C=O) groups excluding carboxylic acids is 1. The highest BCUT2D eigenvalue weighted by molar-refractivity contribution is 9.10. The maximum absolute atomic E-state index is 11.9. The summed E-state index contributed by atoms with van der Waals surface area (Å²) in [6, 6.07) is 5.40. The Balaban J connectivity index is 1.81. The van der Waals surface area contributed by atoms with Crippen molar-refractivity contribution in [1.29, 1.82) is 0 Å². The molecule has 1 unspecified atom stereocenters. The van der Waals surface area contributed by atoms with Crippen LogP contribution in [-0.4, -0.2) is 18.6 Å². The minimum absolute atomic E-state index is 0.0193. The zero-order valence-corrected chi connectivity index (χ0v) is 13.0. The van der Waals surface area contributed by atoms with Crippen molar-refractivity contribution in [2.24, 2.45) is 0 Å². The molecule has 1 amide bonds.